The van der Waals surface area contributed by atoms with E-state index < -0.39 is 63.7 Å². The molecule has 0 saturated heterocycles. The lowest BCUT2D eigenvalue weighted by atomic mass is 9.65. The fourth-order valence-corrected chi connectivity index (χ4v) is 3.22. The second-order valence-electron chi connectivity index (χ2n) is 5.32. The molecular weight excluding hydrogens is 390 g/mol. The van der Waals surface area contributed by atoms with Crippen LogP contribution in [-0.2, 0) is 10.1 Å². The Kier molecular flexibility index (Phi) is 4.33. The summed E-state index contributed by atoms with van der Waals surface area (Å²) in [6.07, 6.45) is -2.27. The van der Waals surface area contributed by atoms with Crippen molar-refractivity contribution in [3.05, 3.63) is 0 Å². The van der Waals surface area contributed by atoms with Crippen LogP contribution in [0.4, 0.5) is 43.9 Å². The lowest BCUT2D eigenvalue weighted by Gasteiger charge is -2.56. The molecule has 1 N–H and O–H groups in total. The molecular formula is C10H10F10O3S. The normalized spacial score (nSPS) is 38.5. The van der Waals surface area contributed by atoms with Gasteiger partial charge in [-0.25, -0.2) is 8.78 Å². The highest BCUT2D eigenvalue weighted by atomic mass is 32.2. The van der Waals surface area contributed by atoms with E-state index >= 15 is 0 Å². The lowest BCUT2D eigenvalue weighted by molar-refractivity contribution is -0.460. The molecule has 24 heavy (non-hydrogen) atoms. The first-order chi connectivity index (χ1) is 10.2. The van der Waals surface area contributed by atoms with E-state index in [1.165, 1.54) is 0 Å². The molecule has 0 aliphatic heterocycles. The third-order valence-electron chi connectivity index (χ3n) is 4.19. The van der Waals surface area contributed by atoms with Crippen LogP contribution in [-0.4, -0.2) is 53.2 Å². The van der Waals surface area contributed by atoms with Crippen LogP contribution in [0.15, 0.2) is 0 Å². The zero-order chi connectivity index (χ0) is 19.8. The monoisotopic (exact) mass is 400 g/mol. The van der Waals surface area contributed by atoms with Crippen molar-refractivity contribution >= 4 is 10.1 Å². The van der Waals surface area contributed by atoms with E-state index in [9.17, 15) is 52.3 Å². The Bertz CT molecular complexity index is 601. The SMILES string of the molecule is CCC1(F)C(F)(F)C(F)(F)C(F)(C(C)S(=O)(=O)O)C(F)(F)C1(F)F. The van der Waals surface area contributed by atoms with Crippen molar-refractivity contribution in [1.29, 1.82) is 0 Å². The number of halogens is 10. The number of rotatable bonds is 3. The summed E-state index contributed by atoms with van der Waals surface area (Å²) in [5, 5.41) is -4.13. The topological polar surface area (TPSA) is 54.4 Å². The van der Waals surface area contributed by atoms with Gasteiger partial charge in [0.15, 0.2) is 0 Å². The van der Waals surface area contributed by atoms with E-state index in [2.05, 4.69) is 0 Å². The Hall–Kier alpha value is -0.790. The standard InChI is InChI=1S/C10H10F10O3S/c1-3-5(11)7(13,14)9(17,18)6(12,4(2)24(21,22)23)10(19,20)8(5,15)16/h4H,3H2,1-2H3,(H,21,22,23). The first kappa shape index (κ1) is 21.3. The molecule has 3 nitrogen and oxygen atoms in total. The molecule has 1 atom stereocenters. The molecule has 14 heteroatoms. The largest absolute Gasteiger partial charge is 0.354 e. The highest BCUT2D eigenvalue weighted by Crippen LogP contribution is 2.70. The fraction of sp³-hybridized carbons (Fsp3) is 1.00. The summed E-state index contributed by atoms with van der Waals surface area (Å²) in [4.78, 5) is 0. The molecule has 144 valence electrons. The first-order valence-electron chi connectivity index (χ1n) is 6.07. The number of hydrogen-bond donors (Lipinski definition) is 1. The summed E-state index contributed by atoms with van der Waals surface area (Å²) < 4.78 is 168. The Balaban J connectivity index is 4.01. The van der Waals surface area contributed by atoms with Gasteiger partial charge < -0.3 is 0 Å². The maximum atomic E-state index is 14.3. The third-order valence-corrected chi connectivity index (χ3v) is 5.41. The van der Waals surface area contributed by atoms with Crippen LogP contribution in [0.2, 0.25) is 0 Å². The highest BCUT2D eigenvalue weighted by molar-refractivity contribution is 7.86. The molecule has 0 amide bonds. The van der Waals surface area contributed by atoms with Gasteiger partial charge in [-0.2, -0.15) is 43.5 Å². The Morgan fingerprint density at radius 3 is 1.29 bits per heavy atom. The van der Waals surface area contributed by atoms with Crippen LogP contribution < -0.4 is 0 Å². The predicted octanol–water partition coefficient (Wildman–Crippen LogP) is 3.64. The minimum Gasteiger partial charge on any atom is -0.285 e. The highest BCUT2D eigenvalue weighted by Gasteiger charge is 3.00. The van der Waals surface area contributed by atoms with Crippen molar-refractivity contribution in [1.82, 2.24) is 0 Å². The fourth-order valence-electron chi connectivity index (χ4n) is 2.51. The van der Waals surface area contributed by atoms with Crippen LogP contribution in [0.5, 0.6) is 0 Å². The van der Waals surface area contributed by atoms with Crippen molar-refractivity contribution < 1.29 is 56.9 Å². The van der Waals surface area contributed by atoms with Crippen molar-refractivity contribution in [2.45, 2.75) is 60.5 Å². The average Bonchev–Trinajstić information content (AvgIpc) is 2.41. The summed E-state index contributed by atoms with van der Waals surface area (Å²) in [7, 11) is -6.27. The minimum absolute atomic E-state index is 0.116. The smallest absolute Gasteiger partial charge is 0.285 e. The summed E-state index contributed by atoms with van der Waals surface area (Å²) >= 11 is 0. The molecule has 0 aromatic carbocycles. The van der Waals surface area contributed by atoms with E-state index in [0.29, 0.717) is 0 Å². The second kappa shape index (κ2) is 4.89. The Morgan fingerprint density at radius 2 is 1.08 bits per heavy atom. The van der Waals surface area contributed by atoms with E-state index in [4.69, 9.17) is 4.55 Å². The number of hydrogen-bond acceptors (Lipinski definition) is 2. The van der Waals surface area contributed by atoms with Gasteiger partial charge in [0.25, 0.3) is 15.8 Å². The van der Waals surface area contributed by atoms with Gasteiger partial charge in [0.1, 0.15) is 5.25 Å². The number of alkyl halides is 10. The summed E-state index contributed by atoms with van der Waals surface area (Å²) in [6.45, 7) is -0.327. The van der Waals surface area contributed by atoms with Crippen LogP contribution in [0.1, 0.15) is 20.3 Å². The summed E-state index contributed by atoms with van der Waals surface area (Å²) in [5.41, 5.74) is -12.4. The Morgan fingerprint density at radius 1 is 0.792 bits per heavy atom. The van der Waals surface area contributed by atoms with Gasteiger partial charge in [-0.05, 0) is 13.3 Å². The third kappa shape index (κ3) is 1.86. The first-order valence-corrected chi connectivity index (χ1v) is 7.57. The van der Waals surface area contributed by atoms with Gasteiger partial charge in [-0.3, -0.25) is 4.55 Å². The molecule has 0 heterocycles. The zero-order valence-electron chi connectivity index (χ0n) is 11.7. The molecule has 0 bridgehead atoms. The van der Waals surface area contributed by atoms with Crippen molar-refractivity contribution in [3.63, 3.8) is 0 Å². The molecule has 1 aliphatic rings. The molecule has 1 saturated carbocycles. The Labute approximate surface area is 128 Å². The molecule has 0 aromatic heterocycles. The van der Waals surface area contributed by atoms with E-state index in [1.807, 2.05) is 0 Å². The van der Waals surface area contributed by atoms with Crippen LogP contribution >= 0.6 is 0 Å². The average molecular weight is 400 g/mol. The van der Waals surface area contributed by atoms with Crippen molar-refractivity contribution in [2.24, 2.45) is 0 Å². The van der Waals surface area contributed by atoms with E-state index in [-0.39, 0.29) is 6.92 Å². The van der Waals surface area contributed by atoms with Crippen LogP contribution in [0.3, 0.4) is 0 Å². The maximum absolute atomic E-state index is 14.3. The van der Waals surface area contributed by atoms with Gasteiger partial charge in [0, 0.05) is 0 Å². The van der Waals surface area contributed by atoms with E-state index in [1.54, 1.807) is 0 Å². The quantitative estimate of drug-likeness (QED) is 0.582. The van der Waals surface area contributed by atoms with Crippen molar-refractivity contribution in [3.8, 4) is 0 Å². The minimum atomic E-state index is -6.91. The van der Waals surface area contributed by atoms with Crippen molar-refractivity contribution in [2.75, 3.05) is 0 Å². The van der Waals surface area contributed by atoms with Gasteiger partial charge in [0.2, 0.25) is 5.67 Å². The molecule has 1 aliphatic carbocycles. The summed E-state index contributed by atoms with van der Waals surface area (Å²) in [5.74, 6) is -27.3. The zero-order valence-corrected chi connectivity index (χ0v) is 12.6. The second-order valence-corrected chi connectivity index (χ2v) is 7.06. The van der Waals surface area contributed by atoms with Gasteiger partial charge in [0.05, 0.1) is 0 Å². The lowest BCUT2D eigenvalue weighted by Crippen LogP contribution is -2.87. The molecule has 1 rings (SSSR count). The van der Waals surface area contributed by atoms with E-state index in [0.717, 1.165) is 0 Å². The van der Waals surface area contributed by atoms with Gasteiger partial charge in [-0.1, -0.05) is 6.92 Å². The van der Waals surface area contributed by atoms with Gasteiger partial charge in [-0.15, -0.1) is 0 Å². The van der Waals surface area contributed by atoms with Crippen LogP contribution in [0.25, 0.3) is 0 Å². The molecule has 1 fully saturated rings. The summed E-state index contributed by atoms with van der Waals surface area (Å²) in [6, 6.07) is 0. The molecule has 0 radical (unpaired) electrons. The van der Waals surface area contributed by atoms with Crippen LogP contribution in [0, 0.1) is 0 Å². The molecule has 0 aromatic rings. The molecule has 1 unspecified atom stereocenters. The predicted molar refractivity (Wildman–Crippen MR) is 58.8 cm³/mol. The molecule has 0 spiro atoms. The van der Waals surface area contributed by atoms with Gasteiger partial charge >= 0.3 is 23.7 Å². The maximum Gasteiger partial charge on any atom is 0.354 e.